The minimum Gasteiger partial charge on any atom is -0.490 e. The molecule has 8 heteroatoms. The SMILES string of the molecule is CCOCc1ccc(O[C@@H]2C[C@H]3CC[C@@H](C2)N3S(=O)(=O)c2c(C)n[nH]c2C)cc1. The van der Waals surface area contributed by atoms with E-state index in [1.807, 2.05) is 31.2 Å². The van der Waals surface area contributed by atoms with E-state index in [9.17, 15) is 8.42 Å². The Bertz CT molecular complexity index is 921. The van der Waals surface area contributed by atoms with Gasteiger partial charge in [0.15, 0.2) is 0 Å². The first-order valence-electron chi connectivity index (χ1n) is 10.3. The van der Waals surface area contributed by atoms with Gasteiger partial charge in [-0.05, 0) is 51.3 Å². The molecule has 2 bridgehead atoms. The molecule has 3 heterocycles. The quantitative estimate of drug-likeness (QED) is 0.744. The number of nitrogens with zero attached hydrogens (tertiary/aromatic N) is 2. The van der Waals surface area contributed by atoms with Crippen molar-refractivity contribution in [2.45, 2.75) is 76.1 Å². The van der Waals surface area contributed by atoms with Crippen LogP contribution in [0.2, 0.25) is 0 Å². The van der Waals surface area contributed by atoms with Crippen molar-refractivity contribution in [3.63, 3.8) is 0 Å². The summed E-state index contributed by atoms with van der Waals surface area (Å²) in [5, 5.41) is 6.88. The van der Waals surface area contributed by atoms with Gasteiger partial charge in [-0.25, -0.2) is 8.42 Å². The molecular weight excluding hydrogens is 390 g/mol. The molecule has 2 aromatic rings. The number of aryl methyl sites for hydroxylation is 2. The highest BCUT2D eigenvalue weighted by molar-refractivity contribution is 7.89. The van der Waals surface area contributed by atoms with Crippen LogP contribution in [0, 0.1) is 13.8 Å². The number of aromatic amines is 1. The Balaban J connectivity index is 1.45. The van der Waals surface area contributed by atoms with Crippen molar-refractivity contribution < 1.29 is 17.9 Å². The molecule has 3 atom stereocenters. The van der Waals surface area contributed by atoms with E-state index >= 15 is 0 Å². The third-order valence-corrected chi connectivity index (χ3v) is 8.19. The zero-order valence-corrected chi connectivity index (χ0v) is 18.0. The van der Waals surface area contributed by atoms with Crippen LogP contribution in [0.25, 0.3) is 0 Å². The van der Waals surface area contributed by atoms with Gasteiger partial charge >= 0.3 is 0 Å². The number of fused-ring (bicyclic) bond motifs is 2. The summed E-state index contributed by atoms with van der Waals surface area (Å²) in [7, 11) is -3.56. The summed E-state index contributed by atoms with van der Waals surface area (Å²) in [4.78, 5) is 0.332. The Morgan fingerprint density at radius 3 is 2.34 bits per heavy atom. The lowest BCUT2D eigenvalue weighted by atomic mass is 10.0. The summed E-state index contributed by atoms with van der Waals surface area (Å²) < 4.78 is 40.1. The van der Waals surface area contributed by atoms with Crippen molar-refractivity contribution in [2.24, 2.45) is 0 Å². The van der Waals surface area contributed by atoms with Gasteiger partial charge < -0.3 is 9.47 Å². The van der Waals surface area contributed by atoms with Crippen molar-refractivity contribution in [1.82, 2.24) is 14.5 Å². The van der Waals surface area contributed by atoms with Gasteiger partial charge in [-0.2, -0.15) is 9.40 Å². The predicted molar refractivity (Wildman–Crippen MR) is 109 cm³/mol. The number of nitrogens with one attached hydrogen (secondary N) is 1. The summed E-state index contributed by atoms with van der Waals surface area (Å²) in [6.45, 7) is 6.78. The van der Waals surface area contributed by atoms with Crippen LogP contribution in [-0.4, -0.2) is 47.7 Å². The molecule has 0 saturated carbocycles. The van der Waals surface area contributed by atoms with Gasteiger partial charge in [0.25, 0.3) is 0 Å². The van der Waals surface area contributed by atoms with Gasteiger partial charge in [0.1, 0.15) is 16.7 Å². The van der Waals surface area contributed by atoms with E-state index in [0.29, 0.717) is 42.3 Å². The minimum absolute atomic E-state index is 0.0188. The fourth-order valence-electron chi connectivity index (χ4n) is 4.68. The molecule has 2 aliphatic rings. The normalized spacial score (nSPS) is 24.7. The second-order valence-corrected chi connectivity index (χ2v) is 9.76. The maximum Gasteiger partial charge on any atom is 0.247 e. The number of sulfonamides is 1. The van der Waals surface area contributed by atoms with Gasteiger partial charge in [0.05, 0.1) is 18.0 Å². The van der Waals surface area contributed by atoms with E-state index in [1.165, 1.54) is 0 Å². The van der Waals surface area contributed by atoms with E-state index in [2.05, 4.69) is 10.2 Å². The average molecular weight is 420 g/mol. The monoisotopic (exact) mass is 419 g/mol. The van der Waals surface area contributed by atoms with E-state index in [4.69, 9.17) is 9.47 Å². The molecule has 29 heavy (non-hydrogen) atoms. The third kappa shape index (κ3) is 3.93. The summed E-state index contributed by atoms with van der Waals surface area (Å²) in [5.41, 5.74) is 2.26. The Morgan fingerprint density at radius 2 is 1.79 bits per heavy atom. The summed E-state index contributed by atoms with van der Waals surface area (Å²) >= 11 is 0. The number of piperidine rings is 1. The zero-order valence-electron chi connectivity index (χ0n) is 17.2. The first-order chi connectivity index (χ1) is 13.9. The molecular formula is C21H29N3O4S. The van der Waals surface area contributed by atoms with Crippen LogP contribution in [0.5, 0.6) is 5.75 Å². The smallest absolute Gasteiger partial charge is 0.247 e. The molecule has 0 aliphatic carbocycles. The highest BCUT2D eigenvalue weighted by atomic mass is 32.2. The van der Waals surface area contributed by atoms with Crippen LogP contribution in [-0.2, 0) is 21.4 Å². The molecule has 158 valence electrons. The lowest BCUT2D eigenvalue weighted by Gasteiger charge is -2.37. The first kappa shape index (κ1) is 20.4. The van der Waals surface area contributed by atoms with Gasteiger partial charge in [0, 0.05) is 31.5 Å². The molecule has 2 aliphatic heterocycles. The standard InChI is InChI=1S/C21H29N3O4S/c1-4-27-13-16-5-9-19(10-6-16)28-20-11-17-7-8-18(12-20)24(17)29(25,26)21-14(2)22-23-15(21)3/h5-6,9-10,17-18,20H,4,7-8,11-13H2,1-3H3,(H,22,23)/t17-,18+,20-. The van der Waals surface area contributed by atoms with Crippen molar-refractivity contribution in [3.8, 4) is 5.75 Å². The number of aromatic nitrogens is 2. The number of rotatable bonds is 7. The summed E-state index contributed by atoms with van der Waals surface area (Å²) in [6.07, 6.45) is 3.22. The second kappa shape index (κ2) is 8.08. The van der Waals surface area contributed by atoms with Gasteiger partial charge in [0.2, 0.25) is 10.0 Å². The fourth-order valence-corrected chi connectivity index (χ4v) is 6.91. The molecule has 0 spiro atoms. The molecule has 1 aromatic heterocycles. The Morgan fingerprint density at radius 1 is 1.14 bits per heavy atom. The maximum atomic E-state index is 13.4. The molecule has 1 aromatic carbocycles. The van der Waals surface area contributed by atoms with E-state index in [-0.39, 0.29) is 18.2 Å². The molecule has 0 amide bonds. The Kier molecular flexibility index (Phi) is 5.68. The summed E-state index contributed by atoms with van der Waals surface area (Å²) in [5.74, 6) is 0.826. The number of hydrogen-bond donors (Lipinski definition) is 1. The number of H-pyrrole nitrogens is 1. The van der Waals surface area contributed by atoms with Crippen molar-refractivity contribution in [3.05, 3.63) is 41.2 Å². The molecule has 0 radical (unpaired) electrons. The number of benzene rings is 1. The van der Waals surface area contributed by atoms with Crippen LogP contribution >= 0.6 is 0 Å². The fraction of sp³-hybridized carbons (Fsp3) is 0.571. The number of ether oxygens (including phenoxy) is 2. The first-order valence-corrected chi connectivity index (χ1v) is 11.7. The second-order valence-electron chi connectivity index (χ2n) is 7.98. The van der Waals surface area contributed by atoms with Crippen LogP contribution in [0.1, 0.15) is 49.6 Å². The van der Waals surface area contributed by atoms with E-state index < -0.39 is 10.0 Å². The molecule has 4 rings (SSSR count). The topological polar surface area (TPSA) is 84.5 Å². The molecule has 7 nitrogen and oxygen atoms in total. The third-order valence-electron chi connectivity index (χ3n) is 5.92. The zero-order chi connectivity index (χ0) is 20.6. The van der Waals surface area contributed by atoms with Gasteiger partial charge in [-0.15, -0.1) is 0 Å². The highest BCUT2D eigenvalue weighted by Gasteiger charge is 2.48. The van der Waals surface area contributed by atoms with Crippen molar-refractivity contribution in [1.29, 1.82) is 0 Å². The maximum absolute atomic E-state index is 13.4. The predicted octanol–water partition coefficient (Wildman–Crippen LogP) is 3.33. The Hall–Kier alpha value is -1.90. The molecule has 2 saturated heterocycles. The van der Waals surface area contributed by atoms with E-state index in [0.717, 1.165) is 24.2 Å². The van der Waals surface area contributed by atoms with Crippen LogP contribution in [0.15, 0.2) is 29.2 Å². The van der Waals surface area contributed by atoms with Crippen molar-refractivity contribution in [2.75, 3.05) is 6.61 Å². The molecule has 0 unspecified atom stereocenters. The van der Waals surface area contributed by atoms with Crippen LogP contribution in [0.4, 0.5) is 0 Å². The number of hydrogen-bond acceptors (Lipinski definition) is 5. The molecule has 1 N–H and O–H groups in total. The van der Waals surface area contributed by atoms with Crippen LogP contribution in [0.3, 0.4) is 0 Å². The van der Waals surface area contributed by atoms with Crippen molar-refractivity contribution >= 4 is 10.0 Å². The molecule has 2 fully saturated rings. The minimum atomic E-state index is -3.56. The van der Waals surface area contributed by atoms with Gasteiger partial charge in [-0.3, -0.25) is 5.10 Å². The lowest BCUT2D eigenvalue weighted by Crippen LogP contribution is -2.49. The Labute approximate surface area is 172 Å². The summed E-state index contributed by atoms with van der Waals surface area (Å²) in [6, 6.07) is 7.94. The average Bonchev–Trinajstić information content (AvgIpc) is 3.18. The highest BCUT2D eigenvalue weighted by Crippen LogP contribution is 2.41. The largest absolute Gasteiger partial charge is 0.490 e. The van der Waals surface area contributed by atoms with Crippen LogP contribution < -0.4 is 4.74 Å². The van der Waals surface area contributed by atoms with Gasteiger partial charge in [-0.1, -0.05) is 12.1 Å². The van der Waals surface area contributed by atoms with E-state index in [1.54, 1.807) is 18.2 Å². The lowest BCUT2D eigenvalue weighted by molar-refractivity contribution is 0.0955.